The summed E-state index contributed by atoms with van der Waals surface area (Å²) in [4.78, 5) is 38.7. The van der Waals surface area contributed by atoms with Crippen LogP contribution in [-0.2, 0) is 9.59 Å². The lowest BCUT2D eigenvalue weighted by molar-refractivity contribution is -0.122. The third-order valence-electron chi connectivity index (χ3n) is 4.48. The second kappa shape index (κ2) is 9.65. The molecule has 2 aromatic rings. The van der Waals surface area contributed by atoms with Crippen LogP contribution in [0.25, 0.3) is 6.08 Å². The second-order valence-electron chi connectivity index (χ2n) is 6.53. The monoisotopic (exact) mass is 488 g/mol. The number of carbonyl (C=O) groups excluding carboxylic acids is 3. The van der Waals surface area contributed by atoms with Gasteiger partial charge in [-0.15, -0.1) is 0 Å². The molecule has 31 heavy (non-hydrogen) atoms. The number of benzene rings is 2. The van der Waals surface area contributed by atoms with Crippen molar-refractivity contribution in [1.29, 1.82) is 0 Å². The summed E-state index contributed by atoms with van der Waals surface area (Å²) >= 11 is 3.44. The van der Waals surface area contributed by atoms with Crippen LogP contribution in [-0.4, -0.2) is 38.7 Å². The van der Waals surface area contributed by atoms with Gasteiger partial charge < -0.3 is 14.2 Å². The fourth-order valence-corrected chi connectivity index (χ4v) is 3.36. The first-order chi connectivity index (χ1) is 14.9. The smallest absolute Gasteiger partial charge is 0.335 e. The lowest BCUT2D eigenvalue weighted by Crippen LogP contribution is -2.54. The Kier molecular flexibility index (Phi) is 6.96. The maximum atomic E-state index is 13.1. The van der Waals surface area contributed by atoms with E-state index in [1.54, 1.807) is 36.4 Å². The first-order valence-electron chi connectivity index (χ1n) is 9.45. The van der Waals surface area contributed by atoms with E-state index in [1.165, 1.54) is 20.3 Å². The minimum absolute atomic E-state index is 0.194. The molecule has 0 spiro atoms. The van der Waals surface area contributed by atoms with Gasteiger partial charge in [0.2, 0.25) is 0 Å². The van der Waals surface area contributed by atoms with Crippen LogP contribution in [0.5, 0.6) is 17.2 Å². The van der Waals surface area contributed by atoms with Crippen molar-refractivity contribution in [1.82, 2.24) is 5.32 Å². The summed E-state index contributed by atoms with van der Waals surface area (Å²) < 4.78 is 16.7. The molecule has 0 saturated carbocycles. The highest BCUT2D eigenvalue weighted by Gasteiger charge is 2.37. The van der Waals surface area contributed by atoms with Crippen LogP contribution in [0.15, 0.2) is 46.4 Å². The highest BCUT2D eigenvalue weighted by molar-refractivity contribution is 9.10. The van der Waals surface area contributed by atoms with Crippen molar-refractivity contribution in [2.24, 2.45) is 0 Å². The van der Waals surface area contributed by atoms with Gasteiger partial charge in [-0.05, 0) is 54.5 Å². The third kappa shape index (κ3) is 4.72. The number of imide groups is 2. The standard InChI is InChI=1S/C22H21BrN2O6/c1-4-9-31-19-12-17(23)13(11-18(19)30-3)10-16-20(26)24-22(28)25(21(16)27)14-5-7-15(29-2)8-6-14/h5-8,10-12H,4,9H2,1-3H3,(H,24,26,28)/b16-10+. The first kappa shape index (κ1) is 22.4. The average Bonchev–Trinajstić information content (AvgIpc) is 2.76. The van der Waals surface area contributed by atoms with Gasteiger partial charge in [-0.1, -0.05) is 22.9 Å². The lowest BCUT2D eigenvalue weighted by Gasteiger charge is -2.26. The molecule has 4 amide bonds. The van der Waals surface area contributed by atoms with E-state index in [9.17, 15) is 14.4 Å². The van der Waals surface area contributed by atoms with E-state index in [4.69, 9.17) is 14.2 Å². The van der Waals surface area contributed by atoms with Gasteiger partial charge in [-0.25, -0.2) is 9.69 Å². The Balaban J connectivity index is 1.99. The van der Waals surface area contributed by atoms with Gasteiger partial charge in [0, 0.05) is 4.47 Å². The third-order valence-corrected chi connectivity index (χ3v) is 5.16. The van der Waals surface area contributed by atoms with Crippen LogP contribution < -0.4 is 24.4 Å². The minimum Gasteiger partial charge on any atom is -0.497 e. The van der Waals surface area contributed by atoms with E-state index >= 15 is 0 Å². The van der Waals surface area contributed by atoms with Crippen molar-refractivity contribution >= 4 is 45.5 Å². The van der Waals surface area contributed by atoms with E-state index < -0.39 is 17.8 Å². The molecule has 8 nitrogen and oxygen atoms in total. The van der Waals surface area contributed by atoms with Crippen molar-refractivity contribution in [3.8, 4) is 17.2 Å². The number of nitrogens with one attached hydrogen (secondary N) is 1. The number of hydrogen-bond donors (Lipinski definition) is 1. The number of ether oxygens (including phenoxy) is 3. The van der Waals surface area contributed by atoms with Crippen LogP contribution in [0, 0.1) is 0 Å². The molecule has 3 rings (SSSR count). The zero-order valence-electron chi connectivity index (χ0n) is 17.2. The van der Waals surface area contributed by atoms with Crippen molar-refractivity contribution in [2.45, 2.75) is 13.3 Å². The molecule has 9 heteroatoms. The van der Waals surface area contributed by atoms with Gasteiger partial charge in [0.25, 0.3) is 11.8 Å². The molecule has 162 valence electrons. The molecule has 0 aromatic heterocycles. The maximum Gasteiger partial charge on any atom is 0.335 e. The van der Waals surface area contributed by atoms with E-state index in [1.807, 2.05) is 6.92 Å². The number of hydrogen-bond acceptors (Lipinski definition) is 6. The zero-order valence-corrected chi connectivity index (χ0v) is 18.8. The number of amides is 4. The van der Waals surface area contributed by atoms with Crippen molar-refractivity contribution in [3.63, 3.8) is 0 Å². The molecule has 0 unspecified atom stereocenters. The number of carbonyl (C=O) groups is 3. The Morgan fingerprint density at radius 2 is 1.74 bits per heavy atom. The molecule has 1 N–H and O–H groups in total. The largest absolute Gasteiger partial charge is 0.497 e. The summed E-state index contributed by atoms with van der Waals surface area (Å²) in [6.07, 6.45) is 2.23. The van der Waals surface area contributed by atoms with Gasteiger partial charge in [0.05, 0.1) is 26.5 Å². The molecular formula is C22H21BrN2O6. The number of rotatable bonds is 7. The Morgan fingerprint density at radius 3 is 2.35 bits per heavy atom. The molecule has 2 aromatic carbocycles. The maximum absolute atomic E-state index is 13.1. The summed E-state index contributed by atoms with van der Waals surface area (Å²) in [7, 11) is 3.01. The molecule has 1 heterocycles. The van der Waals surface area contributed by atoms with Gasteiger partial charge >= 0.3 is 6.03 Å². The van der Waals surface area contributed by atoms with Gasteiger partial charge in [0.15, 0.2) is 11.5 Å². The zero-order chi connectivity index (χ0) is 22.5. The summed E-state index contributed by atoms with van der Waals surface area (Å²) in [5.41, 5.74) is 0.630. The Bertz CT molecular complexity index is 1050. The number of nitrogens with zero attached hydrogens (tertiary/aromatic N) is 1. The molecule has 1 aliphatic heterocycles. The lowest BCUT2D eigenvalue weighted by atomic mass is 10.1. The van der Waals surface area contributed by atoms with Gasteiger partial charge in [-0.3, -0.25) is 14.9 Å². The fraction of sp³-hybridized carbons (Fsp3) is 0.227. The predicted molar refractivity (Wildman–Crippen MR) is 118 cm³/mol. The predicted octanol–water partition coefficient (Wildman–Crippen LogP) is 3.92. The second-order valence-corrected chi connectivity index (χ2v) is 7.38. The average molecular weight is 489 g/mol. The fourth-order valence-electron chi connectivity index (χ4n) is 2.92. The molecular weight excluding hydrogens is 468 g/mol. The van der Waals surface area contributed by atoms with E-state index in [0.29, 0.717) is 39.6 Å². The van der Waals surface area contributed by atoms with Crippen LogP contribution >= 0.6 is 15.9 Å². The normalized spacial score (nSPS) is 15.2. The van der Waals surface area contributed by atoms with Gasteiger partial charge in [-0.2, -0.15) is 0 Å². The van der Waals surface area contributed by atoms with E-state index in [-0.39, 0.29) is 5.57 Å². The number of methoxy groups -OCH3 is 2. The minimum atomic E-state index is -0.822. The van der Waals surface area contributed by atoms with Crippen molar-refractivity contribution in [3.05, 3.63) is 52.0 Å². The quantitative estimate of drug-likeness (QED) is 0.468. The SMILES string of the molecule is CCCOc1cc(Br)c(/C=C2\C(=O)NC(=O)N(c3ccc(OC)cc3)C2=O)cc1OC. The van der Waals surface area contributed by atoms with E-state index in [0.717, 1.165) is 11.3 Å². The Labute approximate surface area is 187 Å². The van der Waals surface area contributed by atoms with E-state index in [2.05, 4.69) is 21.2 Å². The molecule has 1 saturated heterocycles. The summed E-state index contributed by atoms with van der Waals surface area (Å²) in [5, 5.41) is 2.20. The molecule has 0 atom stereocenters. The van der Waals surface area contributed by atoms with Crippen LogP contribution in [0.3, 0.4) is 0 Å². The Morgan fingerprint density at radius 1 is 1.03 bits per heavy atom. The van der Waals surface area contributed by atoms with Crippen molar-refractivity contribution < 1.29 is 28.6 Å². The summed E-state index contributed by atoms with van der Waals surface area (Å²) in [5.74, 6) is 0.0398. The van der Waals surface area contributed by atoms with Crippen molar-refractivity contribution in [2.75, 3.05) is 25.7 Å². The molecule has 1 aliphatic rings. The number of urea groups is 1. The number of halogens is 1. The number of anilines is 1. The topological polar surface area (TPSA) is 94.2 Å². The highest BCUT2D eigenvalue weighted by atomic mass is 79.9. The number of barbiturate groups is 1. The summed E-state index contributed by atoms with van der Waals surface area (Å²) in [6, 6.07) is 8.89. The first-order valence-corrected chi connectivity index (χ1v) is 10.2. The molecule has 0 bridgehead atoms. The highest BCUT2D eigenvalue weighted by Crippen LogP contribution is 2.35. The Hall–Kier alpha value is -3.33. The van der Waals surface area contributed by atoms with Crippen LogP contribution in [0.4, 0.5) is 10.5 Å². The summed E-state index contributed by atoms with van der Waals surface area (Å²) in [6.45, 7) is 2.51. The van der Waals surface area contributed by atoms with Crippen LogP contribution in [0.1, 0.15) is 18.9 Å². The van der Waals surface area contributed by atoms with Gasteiger partial charge in [0.1, 0.15) is 11.3 Å². The molecule has 0 aliphatic carbocycles. The van der Waals surface area contributed by atoms with Crippen LogP contribution in [0.2, 0.25) is 0 Å². The molecule has 0 radical (unpaired) electrons. The molecule has 1 fully saturated rings.